The molecule has 0 atom stereocenters. The summed E-state index contributed by atoms with van der Waals surface area (Å²) in [7, 11) is 0. The van der Waals surface area contributed by atoms with Crippen LogP contribution in [0.4, 0.5) is 0 Å². The minimum atomic E-state index is 0.550. The van der Waals surface area contributed by atoms with Crippen molar-refractivity contribution in [2.24, 2.45) is 0 Å². The lowest BCUT2D eigenvalue weighted by Gasteiger charge is -1.95. The van der Waals surface area contributed by atoms with Crippen molar-refractivity contribution in [1.82, 2.24) is 25.5 Å². The number of rotatable bonds is 4. The van der Waals surface area contributed by atoms with Crippen LogP contribution < -0.4 is 5.32 Å². The third kappa shape index (κ3) is 1.81. The summed E-state index contributed by atoms with van der Waals surface area (Å²) in [6.45, 7) is 1.15. The van der Waals surface area contributed by atoms with E-state index < -0.39 is 0 Å². The minimum Gasteiger partial charge on any atom is -0.357 e. The fourth-order valence-electron chi connectivity index (χ4n) is 0.521. The highest BCUT2D eigenvalue weighted by atomic mass is 16.1. The van der Waals surface area contributed by atoms with E-state index in [2.05, 4.69) is 20.8 Å². The number of nitrogens with zero attached hydrogens (tertiary/aromatic N) is 4. The maximum Gasteiger partial charge on any atom is 0.207 e. The Kier molecular flexibility index (Phi) is 2.36. The van der Waals surface area contributed by atoms with E-state index in [1.165, 1.54) is 11.0 Å². The molecule has 1 amide bonds. The van der Waals surface area contributed by atoms with Gasteiger partial charge in [0, 0.05) is 6.54 Å². The van der Waals surface area contributed by atoms with E-state index in [9.17, 15) is 4.79 Å². The lowest BCUT2D eigenvalue weighted by atomic mass is 10.6. The van der Waals surface area contributed by atoms with E-state index in [1.54, 1.807) is 0 Å². The van der Waals surface area contributed by atoms with Gasteiger partial charge in [-0.3, -0.25) is 4.79 Å². The minimum absolute atomic E-state index is 0.550. The van der Waals surface area contributed by atoms with Crippen molar-refractivity contribution in [1.29, 1.82) is 0 Å². The zero-order valence-electron chi connectivity index (χ0n) is 5.27. The van der Waals surface area contributed by atoms with Gasteiger partial charge >= 0.3 is 0 Å². The first-order valence-electron chi connectivity index (χ1n) is 2.81. The van der Waals surface area contributed by atoms with Crippen LogP contribution in [0.3, 0.4) is 0 Å². The van der Waals surface area contributed by atoms with Gasteiger partial charge in [-0.05, 0) is 10.4 Å². The van der Waals surface area contributed by atoms with Crippen LogP contribution in [-0.4, -0.2) is 33.2 Å². The Balaban J connectivity index is 2.21. The molecule has 1 aromatic heterocycles. The molecule has 0 aliphatic heterocycles. The molecule has 0 radical (unpaired) electrons. The molecular weight excluding hydrogens is 134 g/mol. The van der Waals surface area contributed by atoms with Gasteiger partial charge in [0.1, 0.15) is 6.33 Å². The maximum absolute atomic E-state index is 9.76. The predicted octanol–water partition coefficient (Wildman–Crippen LogP) is -1.58. The van der Waals surface area contributed by atoms with Crippen molar-refractivity contribution in [3.05, 3.63) is 6.33 Å². The molecule has 0 saturated carbocycles. The van der Waals surface area contributed by atoms with Crippen molar-refractivity contribution < 1.29 is 4.79 Å². The molecule has 0 bridgehead atoms. The van der Waals surface area contributed by atoms with Crippen LogP contribution in [0.25, 0.3) is 0 Å². The lowest BCUT2D eigenvalue weighted by molar-refractivity contribution is -0.109. The molecular formula is C4H7N5O. The number of nitrogens with one attached hydrogen (secondary N) is 1. The number of hydrogen-bond donors (Lipinski definition) is 1. The summed E-state index contributed by atoms with van der Waals surface area (Å²) >= 11 is 0. The Labute approximate surface area is 57.2 Å². The molecule has 1 heterocycles. The SMILES string of the molecule is O=CNCCn1cnnn1. The number of amides is 1. The smallest absolute Gasteiger partial charge is 0.207 e. The summed E-state index contributed by atoms with van der Waals surface area (Å²) in [6, 6.07) is 0. The van der Waals surface area contributed by atoms with Crippen molar-refractivity contribution >= 4 is 6.41 Å². The maximum atomic E-state index is 9.76. The van der Waals surface area contributed by atoms with Crippen molar-refractivity contribution in [2.45, 2.75) is 6.54 Å². The van der Waals surface area contributed by atoms with Gasteiger partial charge in [-0.25, -0.2) is 4.68 Å². The second-order valence-electron chi connectivity index (χ2n) is 1.64. The van der Waals surface area contributed by atoms with Gasteiger partial charge in [-0.15, -0.1) is 5.10 Å². The average Bonchev–Trinajstić information content (AvgIpc) is 2.41. The number of tetrazole rings is 1. The summed E-state index contributed by atoms with van der Waals surface area (Å²) in [5.74, 6) is 0. The molecule has 0 spiro atoms. The predicted molar refractivity (Wildman–Crippen MR) is 31.9 cm³/mol. The van der Waals surface area contributed by atoms with Crippen LogP contribution in [0, 0.1) is 0 Å². The van der Waals surface area contributed by atoms with E-state index in [1.807, 2.05) is 0 Å². The molecule has 0 unspecified atom stereocenters. The van der Waals surface area contributed by atoms with Crippen LogP contribution in [0.2, 0.25) is 0 Å². The molecule has 6 heteroatoms. The zero-order chi connectivity index (χ0) is 7.23. The molecule has 0 fully saturated rings. The third-order valence-corrected chi connectivity index (χ3v) is 0.960. The summed E-state index contributed by atoms with van der Waals surface area (Å²) in [4.78, 5) is 9.76. The first kappa shape index (κ1) is 6.66. The highest BCUT2D eigenvalue weighted by Crippen LogP contribution is 1.72. The molecule has 0 saturated heterocycles. The quantitative estimate of drug-likeness (QED) is 0.405. The summed E-state index contributed by atoms with van der Waals surface area (Å²) in [5.41, 5.74) is 0. The van der Waals surface area contributed by atoms with Gasteiger partial charge in [0.15, 0.2) is 0 Å². The number of carbonyl (C=O) groups is 1. The second kappa shape index (κ2) is 3.54. The average molecular weight is 141 g/mol. The first-order valence-corrected chi connectivity index (χ1v) is 2.81. The molecule has 54 valence electrons. The summed E-state index contributed by atoms with van der Waals surface area (Å²) in [6.07, 6.45) is 2.14. The van der Waals surface area contributed by atoms with Gasteiger partial charge in [-0.1, -0.05) is 0 Å². The Morgan fingerprint density at radius 1 is 1.70 bits per heavy atom. The third-order valence-electron chi connectivity index (χ3n) is 0.960. The topological polar surface area (TPSA) is 72.7 Å². The molecule has 0 aliphatic carbocycles. The lowest BCUT2D eigenvalue weighted by Crippen LogP contribution is -2.18. The molecule has 10 heavy (non-hydrogen) atoms. The Hall–Kier alpha value is -1.46. The molecule has 1 rings (SSSR count). The Bertz CT molecular complexity index is 184. The molecule has 6 nitrogen and oxygen atoms in total. The summed E-state index contributed by atoms with van der Waals surface area (Å²) < 4.78 is 1.54. The molecule has 0 aliphatic rings. The van der Waals surface area contributed by atoms with Crippen molar-refractivity contribution in [2.75, 3.05) is 6.54 Å². The van der Waals surface area contributed by atoms with E-state index >= 15 is 0 Å². The number of carbonyl (C=O) groups excluding carboxylic acids is 1. The standard InChI is InChI=1S/C4H7N5O/c10-4-5-1-2-9-3-6-7-8-9/h3-4H,1-2H2,(H,5,10). The van der Waals surface area contributed by atoms with E-state index in [4.69, 9.17) is 0 Å². The van der Waals surface area contributed by atoms with Crippen LogP contribution in [0.5, 0.6) is 0 Å². The molecule has 1 N–H and O–H groups in total. The molecule has 1 aromatic rings. The fourth-order valence-corrected chi connectivity index (χ4v) is 0.521. The van der Waals surface area contributed by atoms with Gasteiger partial charge in [-0.2, -0.15) is 0 Å². The summed E-state index contributed by atoms with van der Waals surface area (Å²) in [5, 5.41) is 12.9. The van der Waals surface area contributed by atoms with Gasteiger partial charge < -0.3 is 5.32 Å². The zero-order valence-corrected chi connectivity index (χ0v) is 5.27. The Morgan fingerprint density at radius 3 is 3.20 bits per heavy atom. The normalized spacial score (nSPS) is 9.20. The number of aromatic nitrogens is 4. The van der Waals surface area contributed by atoms with Crippen LogP contribution in [0.1, 0.15) is 0 Å². The molecule has 0 aromatic carbocycles. The fraction of sp³-hybridized carbons (Fsp3) is 0.500. The van der Waals surface area contributed by atoms with E-state index in [-0.39, 0.29) is 0 Å². The van der Waals surface area contributed by atoms with Crippen LogP contribution in [0.15, 0.2) is 6.33 Å². The van der Waals surface area contributed by atoms with Gasteiger partial charge in [0.2, 0.25) is 6.41 Å². The largest absolute Gasteiger partial charge is 0.357 e. The highest BCUT2D eigenvalue weighted by molar-refractivity contribution is 5.45. The second-order valence-corrected chi connectivity index (χ2v) is 1.64. The van der Waals surface area contributed by atoms with Crippen LogP contribution in [-0.2, 0) is 11.3 Å². The van der Waals surface area contributed by atoms with Gasteiger partial charge in [0.05, 0.1) is 6.54 Å². The van der Waals surface area contributed by atoms with E-state index in [0.29, 0.717) is 19.5 Å². The van der Waals surface area contributed by atoms with E-state index in [0.717, 1.165) is 0 Å². The van der Waals surface area contributed by atoms with Crippen molar-refractivity contribution in [3.8, 4) is 0 Å². The van der Waals surface area contributed by atoms with Crippen molar-refractivity contribution in [3.63, 3.8) is 0 Å². The Morgan fingerprint density at radius 2 is 2.60 bits per heavy atom. The number of hydrogen-bond acceptors (Lipinski definition) is 4. The van der Waals surface area contributed by atoms with Gasteiger partial charge in [0.25, 0.3) is 0 Å². The monoisotopic (exact) mass is 141 g/mol. The first-order chi connectivity index (χ1) is 4.93. The highest BCUT2D eigenvalue weighted by Gasteiger charge is 1.88. The van der Waals surface area contributed by atoms with Crippen LogP contribution >= 0.6 is 0 Å².